The van der Waals surface area contributed by atoms with Crippen molar-refractivity contribution in [1.82, 2.24) is 15.5 Å². The molecule has 0 aromatic carbocycles. The van der Waals surface area contributed by atoms with Gasteiger partial charge in [-0.25, -0.2) is 0 Å². The van der Waals surface area contributed by atoms with Crippen LogP contribution in [0.4, 0.5) is 0 Å². The molecule has 0 saturated carbocycles. The molecule has 104 valence electrons. The van der Waals surface area contributed by atoms with Crippen LogP contribution in [-0.2, 0) is 4.79 Å². The van der Waals surface area contributed by atoms with Gasteiger partial charge in [-0.15, -0.1) is 0 Å². The van der Waals surface area contributed by atoms with Gasteiger partial charge in [0, 0.05) is 6.04 Å². The monoisotopic (exact) mass is 254 g/mol. The van der Waals surface area contributed by atoms with Crippen LogP contribution in [0.3, 0.4) is 0 Å². The maximum absolute atomic E-state index is 11.2. The van der Waals surface area contributed by atoms with E-state index in [2.05, 4.69) is 36.3 Å². The Morgan fingerprint density at radius 3 is 2.61 bits per heavy atom. The summed E-state index contributed by atoms with van der Waals surface area (Å²) in [5, 5.41) is 14.0. The van der Waals surface area contributed by atoms with Gasteiger partial charge in [-0.3, -0.25) is 4.79 Å². The highest BCUT2D eigenvalue weighted by atomic mass is 16.1. The Bertz CT molecular complexity index is 258. The molecule has 0 radical (unpaired) electrons. The fraction of sp³-hybridized carbons (Fsp3) is 0.846. The molecule has 1 atom stereocenters. The second-order valence-electron chi connectivity index (χ2n) is 4.39. The quantitative estimate of drug-likeness (QED) is 0.564. The largest absolute Gasteiger partial charge is 0.342 e. The van der Waals surface area contributed by atoms with Crippen LogP contribution < -0.4 is 10.6 Å². The Kier molecular flexibility index (Phi) is 10.3. The van der Waals surface area contributed by atoms with Crippen molar-refractivity contribution in [2.24, 2.45) is 0 Å². The lowest BCUT2D eigenvalue weighted by molar-refractivity contribution is -0.120. The zero-order valence-corrected chi connectivity index (χ0v) is 11.8. The molecule has 0 spiro atoms. The number of nitrogens with one attached hydrogen (secondary N) is 2. The van der Waals surface area contributed by atoms with E-state index in [1.54, 1.807) is 0 Å². The van der Waals surface area contributed by atoms with Crippen molar-refractivity contribution >= 4 is 5.91 Å². The summed E-state index contributed by atoms with van der Waals surface area (Å²) in [5.74, 6) is -0.118. The van der Waals surface area contributed by atoms with E-state index < -0.39 is 0 Å². The molecule has 1 unspecified atom stereocenters. The molecule has 0 bridgehead atoms. The van der Waals surface area contributed by atoms with Crippen molar-refractivity contribution in [1.29, 1.82) is 5.26 Å². The highest BCUT2D eigenvalue weighted by Gasteiger charge is 2.06. The van der Waals surface area contributed by atoms with Crippen molar-refractivity contribution in [2.45, 2.75) is 39.7 Å². The second kappa shape index (κ2) is 11.0. The van der Waals surface area contributed by atoms with Gasteiger partial charge in [0.25, 0.3) is 0 Å². The summed E-state index contributed by atoms with van der Waals surface area (Å²) in [6, 6.07) is 2.21. The molecule has 0 aliphatic rings. The van der Waals surface area contributed by atoms with Crippen LogP contribution in [-0.4, -0.2) is 49.6 Å². The second-order valence-corrected chi connectivity index (χ2v) is 4.39. The van der Waals surface area contributed by atoms with E-state index in [4.69, 9.17) is 5.26 Å². The van der Waals surface area contributed by atoms with E-state index in [1.807, 2.05) is 6.07 Å². The molecule has 0 fully saturated rings. The number of hydrogen-bond acceptors (Lipinski definition) is 4. The number of nitriles is 1. The molecule has 2 N–H and O–H groups in total. The molecule has 0 heterocycles. The molecule has 0 saturated heterocycles. The topological polar surface area (TPSA) is 68.2 Å². The molecule has 0 aromatic heterocycles. The van der Waals surface area contributed by atoms with Crippen molar-refractivity contribution in [3.63, 3.8) is 0 Å². The fourth-order valence-corrected chi connectivity index (χ4v) is 1.73. The van der Waals surface area contributed by atoms with Gasteiger partial charge in [0.05, 0.1) is 12.6 Å². The number of carbonyl (C=O) groups is 1. The van der Waals surface area contributed by atoms with Crippen molar-refractivity contribution in [3.8, 4) is 6.07 Å². The summed E-state index contributed by atoms with van der Waals surface area (Å²) in [6.45, 7) is 10.1. The van der Waals surface area contributed by atoms with E-state index in [9.17, 15) is 4.79 Å². The standard InChI is InChI=1S/C13H26N4O/c1-4-17(5-2)10-6-7-12(3)16-11-13(18)15-9-8-14/h12,16H,4-7,9-11H2,1-3H3,(H,15,18). The predicted molar refractivity (Wildman–Crippen MR) is 73.1 cm³/mol. The van der Waals surface area contributed by atoms with E-state index in [-0.39, 0.29) is 19.0 Å². The van der Waals surface area contributed by atoms with Gasteiger partial charge >= 0.3 is 0 Å². The minimum atomic E-state index is -0.118. The lowest BCUT2D eigenvalue weighted by atomic mass is 10.1. The summed E-state index contributed by atoms with van der Waals surface area (Å²) in [6.07, 6.45) is 2.19. The molecule has 1 amide bonds. The van der Waals surface area contributed by atoms with Gasteiger partial charge in [0.2, 0.25) is 5.91 Å². The minimum Gasteiger partial charge on any atom is -0.342 e. The summed E-state index contributed by atoms with van der Waals surface area (Å²) >= 11 is 0. The van der Waals surface area contributed by atoms with Gasteiger partial charge in [0.15, 0.2) is 0 Å². The number of carbonyl (C=O) groups excluding carboxylic acids is 1. The van der Waals surface area contributed by atoms with Gasteiger partial charge < -0.3 is 15.5 Å². The first-order valence-corrected chi connectivity index (χ1v) is 6.73. The normalized spacial score (nSPS) is 12.2. The van der Waals surface area contributed by atoms with Gasteiger partial charge in [-0.2, -0.15) is 5.26 Å². The molecule has 5 heteroatoms. The van der Waals surface area contributed by atoms with Crippen LogP contribution in [0, 0.1) is 11.3 Å². The SMILES string of the molecule is CCN(CC)CCCC(C)NCC(=O)NCC#N. The maximum Gasteiger partial charge on any atom is 0.234 e. The molecule has 18 heavy (non-hydrogen) atoms. The molecule has 0 aromatic rings. The lowest BCUT2D eigenvalue weighted by Gasteiger charge is -2.19. The van der Waals surface area contributed by atoms with Gasteiger partial charge in [-0.05, 0) is 39.4 Å². The molecule has 0 rings (SSSR count). The average molecular weight is 254 g/mol. The predicted octanol–water partition coefficient (Wildman–Crippen LogP) is 0.726. The Balaban J connectivity index is 3.56. The van der Waals surface area contributed by atoms with Crippen LogP contribution in [0.15, 0.2) is 0 Å². The number of nitrogens with zero attached hydrogens (tertiary/aromatic N) is 2. The molecule has 5 nitrogen and oxygen atoms in total. The summed E-state index contributed by atoms with van der Waals surface area (Å²) < 4.78 is 0. The van der Waals surface area contributed by atoms with Gasteiger partial charge in [-0.1, -0.05) is 13.8 Å². The molecular weight excluding hydrogens is 228 g/mol. The fourth-order valence-electron chi connectivity index (χ4n) is 1.73. The van der Waals surface area contributed by atoms with E-state index in [0.717, 1.165) is 32.5 Å². The van der Waals surface area contributed by atoms with Crippen LogP contribution in [0.25, 0.3) is 0 Å². The Hall–Kier alpha value is -1.12. The molecular formula is C13H26N4O. The third kappa shape index (κ3) is 8.97. The zero-order valence-electron chi connectivity index (χ0n) is 11.8. The third-order valence-electron chi connectivity index (χ3n) is 2.98. The highest BCUT2D eigenvalue weighted by Crippen LogP contribution is 1.99. The van der Waals surface area contributed by atoms with E-state index in [0.29, 0.717) is 6.04 Å². The Morgan fingerprint density at radius 2 is 2.06 bits per heavy atom. The van der Waals surface area contributed by atoms with E-state index in [1.165, 1.54) is 0 Å². The zero-order chi connectivity index (χ0) is 13.8. The van der Waals surface area contributed by atoms with Gasteiger partial charge in [0.1, 0.15) is 6.54 Å². The first-order chi connectivity index (χ1) is 8.63. The summed E-state index contributed by atoms with van der Waals surface area (Å²) in [4.78, 5) is 13.6. The molecule has 0 aliphatic carbocycles. The van der Waals surface area contributed by atoms with Crippen LogP contribution >= 0.6 is 0 Å². The maximum atomic E-state index is 11.2. The Morgan fingerprint density at radius 1 is 1.39 bits per heavy atom. The average Bonchev–Trinajstić information content (AvgIpc) is 2.39. The van der Waals surface area contributed by atoms with Crippen LogP contribution in [0.5, 0.6) is 0 Å². The molecule has 0 aliphatic heterocycles. The van der Waals surface area contributed by atoms with Crippen LogP contribution in [0.2, 0.25) is 0 Å². The number of hydrogen-bond donors (Lipinski definition) is 2. The minimum absolute atomic E-state index is 0.0802. The van der Waals surface area contributed by atoms with Crippen molar-refractivity contribution in [3.05, 3.63) is 0 Å². The van der Waals surface area contributed by atoms with Crippen LogP contribution in [0.1, 0.15) is 33.6 Å². The first-order valence-electron chi connectivity index (χ1n) is 6.73. The Labute approximate surface area is 111 Å². The van der Waals surface area contributed by atoms with Crippen molar-refractivity contribution < 1.29 is 4.79 Å². The first kappa shape index (κ1) is 16.9. The number of amides is 1. The summed E-state index contributed by atoms with van der Waals surface area (Å²) in [5.41, 5.74) is 0. The summed E-state index contributed by atoms with van der Waals surface area (Å²) in [7, 11) is 0. The lowest BCUT2D eigenvalue weighted by Crippen LogP contribution is -2.38. The smallest absolute Gasteiger partial charge is 0.234 e. The number of rotatable bonds is 10. The van der Waals surface area contributed by atoms with E-state index >= 15 is 0 Å². The third-order valence-corrected chi connectivity index (χ3v) is 2.98. The highest BCUT2D eigenvalue weighted by molar-refractivity contribution is 5.78. The van der Waals surface area contributed by atoms with Crippen molar-refractivity contribution in [2.75, 3.05) is 32.7 Å².